The molecule has 0 saturated carbocycles. The Labute approximate surface area is 77.0 Å². The summed E-state index contributed by atoms with van der Waals surface area (Å²) in [6.07, 6.45) is 8.55. The predicted molar refractivity (Wildman–Crippen MR) is 48.6 cm³/mol. The van der Waals surface area contributed by atoms with Crippen molar-refractivity contribution in [2.24, 2.45) is 0 Å². The van der Waals surface area contributed by atoms with E-state index in [0.717, 1.165) is 17.9 Å². The van der Waals surface area contributed by atoms with Crippen molar-refractivity contribution < 1.29 is 9.53 Å². The van der Waals surface area contributed by atoms with Gasteiger partial charge in [0.05, 0.1) is 5.70 Å². The minimum atomic E-state index is 0.00491. The topological polar surface area (TPSA) is 29.5 Å². The first-order valence-corrected chi connectivity index (χ1v) is 4.25. The number of amides is 1. The molecule has 2 aliphatic rings. The minimum absolute atomic E-state index is 0.00491. The van der Waals surface area contributed by atoms with Crippen LogP contribution in [0, 0.1) is 0 Å². The number of ether oxygens (including phenoxy) is 1. The molecule has 1 heterocycles. The van der Waals surface area contributed by atoms with Gasteiger partial charge < -0.3 is 9.64 Å². The van der Waals surface area contributed by atoms with Gasteiger partial charge in [-0.05, 0) is 6.08 Å². The Morgan fingerprint density at radius 1 is 1.46 bits per heavy atom. The zero-order valence-corrected chi connectivity index (χ0v) is 7.49. The van der Waals surface area contributed by atoms with Crippen molar-refractivity contribution in [3.63, 3.8) is 0 Å². The maximum Gasteiger partial charge on any atom is 0.264 e. The van der Waals surface area contributed by atoms with Gasteiger partial charge in [-0.15, -0.1) is 0 Å². The van der Waals surface area contributed by atoms with E-state index < -0.39 is 0 Å². The molecule has 68 valence electrons. The number of allylic oxidation sites excluding steroid dienone is 4. The van der Waals surface area contributed by atoms with Crippen molar-refractivity contribution in [1.82, 2.24) is 4.90 Å². The van der Waals surface area contributed by atoms with Crippen LogP contribution < -0.4 is 0 Å². The van der Waals surface area contributed by atoms with Crippen LogP contribution in [0.3, 0.4) is 0 Å². The van der Waals surface area contributed by atoms with Gasteiger partial charge in [-0.2, -0.15) is 0 Å². The quantitative estimate of drug-likeness (QED) is 0.556. The van der Waals surface area contributed by atoms with Gasteiger partial charge in [-0.25, -0.2) is 0 Å². The van der Waals surface area contributed by atoms with Crippen LogP contribution in [-0.4, -0.2) is 24.5 Å². The molecule has 2 rings (SSSR count). The molecule has 0 aromatic carbocycles. The van der Waals surface area contributed by atoms with Gasteiger partial charge in [0.15, 0.2) is 6.61 Å². The molecule has 1 amide bonds. The van der Waals surface area contributed by atoms with Crippen LogP contribution >= 0.6 is 0 Å². The maximum absolute atomic E-state index is 11.3. The van der Waals surface area contributed by atoms with Gasteiger partial charge in [0.1, 0.15) is 5.76 Å². The number of hydrogen-bond acceptors (Lipinski definition) is 2. The smallest absolute Gasteiger partial charge is 0.264 e. The Kier molecular flexibility index (Phi) is 1.93. The average Bonchev–Trinajstić information content (AvgIpc) is 2.36. The third-order valence-electron chi connectivity index (χ3n) is 2.20. The number of likely N-dealkylation sites (N-methyl/N-ethyl adjacent to an activating group) is 1. The van der Waals surface area contributed by atoms with Gasteiger partial charge in [-0.3, -0.25) is 4.79 Å². The molecule has 0 N–H and O–H groups in total. The van der Waals surface area contributed by atoms with Gasteiger partial charge in [-0.1, -0.05) is 18.2 Å². The zero-order valence-electron chi connectivity index (χ0n) is 7.49. The van der Waals surface area contributed by atoms with E-state index in [2.05, 4.69) is 0 Å². The third-order valence-corrected chi connectivity index (χ3v) is 2.20. The average molecular weight is 177 g/mol. The Hall–Kier alpha value is -1.51. The van der Waals surface area contributed by atoms with Crippen LogP contribution in [0.25, 0.3) is 0 Å². The molecule has 0 atom stereocenters. The minimum Gasteiger partial charge on any atom is -0.486 e. The van der Waals surface area contributed by atoms with Crippen LogP contribution in [0.5, 0.6) is 0 Å². The van der Waals surface area contributed by atoms with Crippen molar-refractivity contribution in [2.45, 2.75) is 6.42 Å². The molecule has 0 fully saturated rings. The lowest BCUT2D eigenvalue weighted by Crippen LogP contribution is -2.34. The summed E-state index contributed by atoms with van der Waals surface area (Å²) in [5, 5.41) is 0. The lowest BCUT2D eigenvalue weighted by atomic mass is 10.2. The van der Waals surface area contributed by atoms with E-state index in [1.807, 2.05) is 24.3 Å². The predicted octanol–water partition coefficient (Wildman–Crippen LogP) is 1.20. The first-order chi connectivity index (χ1) is 6.29. The fourth-order valence-corrected chi connectivity index (χ4v) is 1.41. The molecular formula is C10H11NO2. The van der Waals surface area contributed by atoms with E-state index in [9.17, 15) is 4.79 Å². The highest BCUT2D eigenvalue weighted by atomic mass is 16.5. The Bertz CT molecular complexity index is 326. The SMILES string of the molecule is CN1C(=O)COC2=C1C=CC=CC2. The monoisotopic (exact) mass is 177 g/mol. The summed E-state index contributed by atoms with van der Waals surface area (Å²) in [6.45, 7) is 0.164. The van der Waals surface area contributed by atoms with Crippen LogP contribution in [0.15, 0.2) is 35.8 Å². The number of carbonyl (C=O) groups is 1. The highest BCUT2D eigenvalue weighted by Gasteiger charge is 2.22. The molecule has 3 heteroatoms. The Morgan fingerprint density at radius 2 is 2.31 bits per heavy atom. The largest absolute Gasteiger partial charge is 0.486 e. The fourth-order valence-electron chi connectivity index (χ4n) is 1.41. The number of rotatable bonds is 0. The van der Waals surface area contributed by atoms with Crippen molar-refractivity contribution in [2.75, 3.05) is 13.7 Å². The fraction of sp³-hybridized carbons (Fsp3) is 0.300. The number of hydrogen-bond donors (Lipinski definition) is 0. The van der Waals surface area contributed by atoms with Gasteiger partial charge >= 0.3 is 0 Å². The second-order valence-electron chi connectivity index (χ2n) is 3.04. The Morgan fingerprint density at radius 3 is 3.15 bits per heavy atom. The van der Waals surface area contributed by atoms with Crippen LogP contribution in [-0.2, 0) is 9.53 Å². The lowest BCUT2D eigenvalue weighted by Gasteiger charge is -2.26. The van der Waals surface area contributed by atoms with Crippen LogP contribution in [0.2, 0.25) is 0 Å². The van der Waals surface area contributed by atoms with Crippen molar-refractivity contribution in [3.05, 3.63) is 35.8 Å². The summed E-state index contributed by atoms with van der Waals surface area (Å²) >= 11 is 0. The summed E-state index contributed by atoms with van der Waals surface area (Å²) in [5.41, 5.74) is 0.876. The number of carbonyl (C=O) groups excluding carboxylic acids is 1. The van der Waals surface area contributed by atoms with Crippen molar-refractivity contribution in [1.29, 1.82) is 0 Å². The maximum atomic E-state index is 11.3. The summed E-state index contributed by atoms with van der Waals surface area (Å²) in [5.74, 6) is 0.886. The van der Waals surface area contributed by atoms with Gasteiger partial charge in [0.25, 0.3) is 5.91 Å². The summed E-state index contributed by atoms with van der Waals surface area (Å²) < 4.78 is 5.33. The van der Waals surface area contributed by atoms with Crippen LogP contribution in [0.1, 0.15) is 6.42 Å². The van der Waals surface area contributed by atoms with E-state index in [1.165, 1.54) is 0 Å². The van der Waals surface area contributed by atoms with E-state index in [0.29, 0.717) is 0 Å². The van der Waals surface area contributed by atoms with E-state index in [4.69, 9.17) is 4.74 Å². The molecule has 0 radical (unpaired) electrons. The molecular weight excluding hydrogens is 166 g/mol. The van der Waals surface area contributed by atoms with Crippen molar-refractivity contribution in [3.8, 4) is 0 Å². The normalized spacial score (nSPS) is 21.3. The van der Waals surface area contributed by atoms with E-state index in [-0.39, 0.29) is 12.5 Å². The summed E-state index contributed by atoms with van der Waals surface area (Å²) in [7, 11) is 1.77. The first kappa shape index (κ1) is 8.10. The number of nitrogens with zero attached hydrogens (tertiary/aromatic N) is 1. The van der Waals surface area contributed by atoms with Gasteiger partial charge in [0, 0.05) is 13.5 Å². The van der Waals surface area contributed by atoms with Crippen LogP contribution in [0.4, 0.5) is 0 Å². The molecule has 0 aromatic heterocycles. The second-order valence-corrected chi connectivity index (χ2v) is 3.04. The summed E-state index contributed by atoms with van der Waals surface area (Å²) in [4.78, 5) is 12.9. The first-order valence-electron chi connectivity index (χ1n) is 4.25. The van der Waals surface area contributed by atoms with Gasteiger partial charge in [0.2, 0.25) is 0 Å². The molecule has 0 aromatic rings. The second kappa shape index (κ2) is 3.09. The molecule has 0 saturated heterocycles. The highest BCUT2D eigenvalue weighted by molar-refractivity contribution is 5.80. The van der Waals surface area contributed by atoms with Crippen molar-refractivity contribution >= 4 is 5.91 Å². The Balaban J connectivity index is 2.37. The molecule has 0 bridgehead atoms. The zero-order chi connectivity index (χ0) is 9.26. The molecule has 13 heavy (non-hydrogen) atoms. The molecule has 1 aliphatic carbocycles. The molecule has 1 aliphatic heterocycles. The van der Waals surface area contributed by atoms with E-state index in [1.54, 1.807) is 11.9 Å². The lowest BCUT2D eigenvalue weighted by molar-refractivity contribution is -0.133. The standard InChI is InChI=1S/C10H11NO2/c1-11-8-5-3-2-4-6-9(8)13-7-10(11)12/h2-5H,6-7H2,1H3. The molecule has 0 unspecified atom stereocenters. The third kappa shape index (κ3) is 1.37. The molecule has 3 nitrogen and oxygen atoms in total. The summed E-state index contributed by atoms with van der Waals surface area (Å²) in [6, 6.07) is 0. The van der Waals surface area contributed by atoms with E-state index >= 15 is 0 Å². The molecule has 0 spiro atoms. The highest BCUT2D eigenvalue weighted by Crippen LogP contribution is 2.22.